The minimum Gasteiger partial charge on any atom is -0.268 e. The van der Waals surface area contributed by atoms with Crippen molar-refractivity contribution in [2.24, 2.45) is 0 Å². The molecule has 0 aliphatic carbocycles. The lowest BCUT2D eigenvalue weighted by atomic mass is 10.1. The van der Waals surface area contributed by atoms with Crippen LogP contribution in [0.25, 0.3) is 11.4 Å². The predicted octanol–water partition coefficient (Wildman–Crippen LogP) is 3.11. The highest BCUT2D eigenvalue weighted by molar-refractivity contribution is 9.10. The molecule has 0 radical (unpaired) electrons. The SMILES string of the molecule is Brc1c(-c2cscn2)nn2c1CCCC2. The zero-order valence-corrected chi connectivity index (χ0v) is 10.5. The maximum Gasteiger partial charge on any atom is 0.126 e. The molecule has 0 bridgehead atoms. The summed E-state index contributed by atoms with van der Waals surface area (Å²) in [5.74, 6) is 0. The Balaban J connectivity index is 2.13. The fourth-order valence-electron chi connectivity index (χ4n) is 1.95. The van der Waals surface area contributed by atoms with E-state index >= 15 is 0 Å². The Hall–Kier alpha value is -0.680. The van der Waals surface area contributed by atoms with E-state index in [9.17, 15) is 0 Å². The van der Waals surface area contributed by atoms with Crippen LogP contribution in [0.1, 0.15) is 18.5 Å². The van der Waals surface area contributed by atoms with Crippen LogP contribution in [0.3, 0.4) is 0 Å². The van der Waals surface area contributed by atoms with E-state index in [1.165, 1.54) is 18.5 Å². The molecule has 3 rings (SSSR count). The van der Waals surface area contributed by atoms with Gasteiger partial charge in [0.1, 0.15) is 11.4 Å². The number of hydrogen-bond donors (Lipinski definition) is 0. The van der Waals surface area contributed by atoms with E-state index in [0.717, 1.165) is 28.8 Å². The number of aromatic nitrogens is 3. The summed E-state index contributed by atoms with van der Waals surface area (Å²) in [6.45, 7) is 1.04. The van der Waals surface area contributed by atoms with Gasteiger partial charge in [0.15, 0.2) is 0 Å². The third kappa shape index (κ3) is 1.54. The summed E-state index contributed by atoms with van der Waals surface area (Å²) < 4.78 is 3.25. The molecule has 0 atom stereocenters. The predicted molar refractivity (Wildman–Crippen MR) is 64.0 cm³/mol. The zero-order valence-electron chi connectivity index (χ0n) is 8.11. The highest BCUT2D eigenvalue weighted by Gasteiger charge is 2.20. The maximum absolute atomic E-state index is 4.61. The normalized spacial score (nSPS) is 15.3. The topological polar surface area (TPSA) is 30.7 Å². The summed E-state index contributed by atoms with van der Waals surface area (Å²) in [6.07, 6.45) is 3.62. The van der Waals surface area contributed by atoms with E-state index in [2.05, 4.69) is 30.7 Å². The van der Waals surface area contributed by atoms with Gasteiger partial charge >= 0.3 is 0 Å². The standard InChI is InChI=1S/C10H10BrN3S/c11-9-8-3-1-2-4-14(8)13-10(9)7-5-15-6-12-7/h5-6H,1-4H2. The van der Waals surface area contributed by atoms with Crippen molar-refractivity contribution in [3.8, 4) is 11.4 Å². The highest BCUT2D eigenvalue weighted by Crippen LogP contribution is 2.32. The Morgan fingerprint density at radius 1 is 1.40 bits per heavy atom. The summed E-state index contributed by atoms with van der Waals surface area (Å²) in [5.41, 5.74) is 5.14. The number of fused-ring (bicyclic) bond motifs is 1. The van der Waals surface area contributed by atoms with Crippen molar-refractivity contribution in [1.82, 2.24) is 14.8 Å². The van der Waals surface area contributed by atoms with Gasteiger partial charge in [-0.15, -0.1) is 11.3 Å². The van der Waals surface area contributed by atoms with Gasteiger partial charge in [0.2, 0.25) is 0 Å². The molecule has 2 aromatic rings. The van der Waals surface area contributed by atoms with Crippen LogP contribution in [0.4, 0.5) is 0 Å². The van der Waals surface area contributed by atoms with Gasteiger partial charge in [-0.3, -0.25) is 4.68 Å². The lowest BCUT2D eigenvalue weighted by Crippen LogP contribution is -2.10. The van der Waals surface area contributed by atoms with Gasteiger partial charge in [-0.05, 0) is 35.2 Å². The van der Waals surface area contributed by atoms with Gasteiger partial charge in [-0.1, -0.05) is 0 Å². The largest absolute Gasteiger partial charge is 0.268 e. The van der Waals surface area contributed by atoms with Gasteiger partial charge in [0.05, 0.1) is 15.7 Å². The van der Waals surface area contributed by atoms with Gasteiger partial charge in [-0.25, -0.2) is 4.98 Å². The molecule has 15 heavy (non-hydrogen) atoms. The second-order valence-corrected chi connectivity index (χ2v) is 5.17. The van der Waals surface area contributed by atoms with E-state index in [0.29, 0.717) is 0 Å². The molecular weight excluding hydrogens is 274 g/mol. The molecule has 1 aliphatic rings. The van der Waals surface area contributed by atoms with Crippen LogP contribution in [0.5, 0.6) is 0 Å². The Bertz CT molecular complexity index is 475. The molecule has 0 saturated carbocycles. The first-order valence-electron chi connectivity index (χ1n) is 5.00. The number of aryl methyl sites for hydroxylation is 1. The van der Waals surface area contributed by atoms with Crippen LogP contribution in [0.2, 0.25) is 0 Å². The Labute approximate surface area is 100 Å². The average Bonchev–Trinajstić information content (AvgIpc) is 2.87. The van der Waals surface area contributed by atoms with Crippen LogP contribution in [0, 0.1) is 0 Å². The zero-order chi connectivity index (χ0) is 10.3. The minimum atomic E-state index is 0.980. The van der Waals surface area contributed by atoms with Crippen LogP contribution >= 0.6 is 27.3 Å². The molecule has 0 saturated heterocycles. The minimum absolute atomic E-state index is 0.980. The van der Waals surface area contributed by atoms with Crippen LogP contribution in [-0.2, 0) is 13.0 Å². The summed E-state index contributed by atoms with van der Waals surface area (Å²) >= 11 is 5.25. The molecule has 1 aliphatic heterocycles. The first-order chi connectivity index (χ1) is 7.36. The lowest BCUT2D eigenvalue weighted by Gasteiger charge is -2.12. The van der Waals surface area contributed by atoms with Crippen molar-refractivity contribution in [2.75, 3.05) is 0 Å². The fourth-order valence-corrected chi connectivity index (χ4v) is 3.17. The third-order valence-corrected chi connectivity index (χ3v) is 4.12. The number of rotatable bonds is 1. The van der Waals surface area contributed by atoms with Crippen molar-refractivity contribution < 1.29 is 0 Å². The summed E-state index contributed by atoms with van der Waals surface area (Å²) in [4.78, 5) is 4.30. The monoisotopic (exact) mass is 283 g/mol. The van der Waals surface area contributed by atoms with Crippen molar-refractivity contribution in [2.45, 2.75) is 25.8 Å². The molecule has 3 nitrogen and oxygen atoms in total. The van der Waals surface area contributed by atoms with E-state index in [1.54, 1.807) is 11.3 Å². The maximum atomic E-state index is 4.61. The van der Waals surface area contributed by atoms with Crippen molar-refractivity contribution in [1.29, 1.82) is 0 Å². The number of nitrogens with zero attached hydrogens (tertiary/aromatic N) is 3. The van der Waals surface area contributed by atoms with Crippen molar-refractivity contribution in [3.63, 3.8) is 0 Å². The molecule has 0 N–H and O–H groups in total. The highest BCUT2D eigenvalue weighted by atomic mass is 79.9. The number of hydrogen-bond acceptors (Lipinski definition) is 3. The van der Waals surface area contributed by atoms with Crippen LogP contribution < -0.4 is 0 Å². The van der Waals surface area contributed by atoms with E-state index in [4.69, 9.17) is 0 Å². The third-order valence-electron chi connectivity index (χ3n) is 2.70. The van der Waals surface area contributed by atoms with Crippen molar-refractivity contribution in [3.05, 3.63) is 21.1 Å². The molecule has 3 heterocycles. The van der Waals surface area contributed by atoms with Crippen LogP contribution in [0.15, 0.2) is 15.4 Å². The molecule has 2 aromatic heterocycles. The van der Waals surface area contributed by atoms with Gasteiger partial charge in [-0.2, -0.15) is 5.10 Å². The van der Waals surface area contributed by atoms with E-state index < -0.39 is 0 Å². The Morgan fingerprint density at radius 2 is 2.33 bits per heavy atom. The van der Waals surface area contributed by atoms with Gasteiger partial charge in [0, 0.05) is 11.9 Å². The van der Waals surface area contributed by atoms with Gasteiger partial charge in [0.25, 0.3) is 0 Å². The fraction of sp³-hybridized carbons (Fsp3) is 0.400. The Kier molecular flexibility index (Phi) is 2.36. The molecule has 78 valence electrons. The molecule has 0 fully saturated rings. The lowest BCUT2D eigenvalue weighted by molar-refractivity contribution is 0.486. The van der Waals surface area contributed by atoms with E-state index in [-0.39, 0.29) is 0 Å². The van der Waals surface area contributed by atoms with E-state index in [1.807, 2.05) is 10.9 Å². The first-order valence-corrected chi connectivity index (χ1v) is 6.73. The molecule has 0 amide bonds. The Morgan fingerprint density at radius 3 is 3.07 bits per heavy atom. The average molecular weight is 284 g/mol. The smallest absolute Gasteiger partial charge is 0.126 e. The van der Waals surface area contributed by atoms with Crippen molar-refractivity contribution >= 4 is 27.3 Å². The summed E-state index contributed by atoms with van der Waals surface area (Å²) in [7, 11) is 0. The number of halogens is 1. The molecule has 0 aromatic carbocycles. The molecule has 0 spiro atoms. The molecule has 5 heteroatoms. The van der Waals surface area contributed by atoms with Crippen LogP contribution in [-0.4, -0.2) is 14.8 Å². The quantitative estimate of drug-likeness (QED) is 0.805. The number of thiazole rings is 1. The molecule has 0 unspecified atom stereocenters. The second-order valence-electron chi connectivity index (χ2n) is 3.66. The first kappa shape index (κ1) is 9.54. The summed E-state index contributed by atoms with van der Waals surface area (Å²) in [5, 5.41) is 6.65. The summed E-state index contributed by atoms with van der Waals surface area (Å²) in [6, 6.07) is 0. The van der Waals surface area contributed by atoms with Gasteiger partial charge < -0.3 is 0 Å². The second kappa shape index (κ2) is 3.72. The molecular formula is C10H10BrN3S.